The molecule has 0 radical (unpaired) electrons. The summed E-state index contributed by atoms with van der Waals surface area (Å²) in [7, 11) is 1.56. The van der Waals surface area contributed by atoms with E-state index in [1.54, 1.807) is 7.11 Å². The average molecular weight is 282 g/mol. The molecule has 3 aliphatic rings. The molecule has 112 valence electrons. The third-order valence-electron chi connectivity index (χ3n) is 5.19. The zero-order chi connectivity index (χ0) is 14.3. The highest BCUT2D eigenvalue weighted by Crippen LogP contribution is 2.44. The molecule has 2 aliphatic carbocycles. The van der Waals surface area contributed by atoms with E-state index in [1.165, 1.54) is 24.2 Å². The number of amides is 2. The standard InChI is InChI=1S/C14H22N2O4/c1-20-10-6-12(13(17)18)16(7-10)14(19)15-11-5-8-2-3-9(11)4-8/h8-12H,2-7H2,1H3,(H,15,19)(H,17,18). The molecule has 0 aromatic carbocycles. The number of urea groups is 1. The predicted molar refractivity (Wildman–Crippen MR) is 71.3 cm³/mol. The molecular weight excluding hydrogens is 260 g/mol. The SMILES string of the molecule is COC1CC(C(=O)O)N(C(=O)NC2CC3CCC2C3)C1. The fraction of sp³-hybridized carbons (Fsp3) is 0.857. The fourth-order valence-corrected chi connectivity index (χ4v) is 4.09. The summed E-state index contributed by atoms with van der Waals surface area (Å²) in [6.07, 6.45) is 4.93. The van der Waals surface area contributed by atoms with Crippen LogP contribution in [-0.4, -0.2) is 53.8 Å². The van der Waals surface area contributed by atoms with E-state index in [1.807, 2.05) is 0 Å². The number of hydrogen-bond acceptors (Lipinski definition) is 3. The van der Waals surface area contributed by atoms with Crippen LogP contribution in [0.5, 0.6) is 0 Å². The van der Waals surface area contributed by atoms with Crippen LogP contribution in [0.1, 0.15) is 32.1 Å². The number of nitrogens with one attached hydrogen (secondary N) is 1. The summed E-state index contributed by atoms with van der Waals surface area (Å²) in [6.45, 7) is 0.361. The molecule has 3 rings (SSSR count). The van der Waals surface area contributed by atoms with Gasteiger partial charge in [0.15, 0.2) is 0 Å². The van der Waals surface area contributed by atoms with Crippen LogP contribution in [0.3, 0.4) is 0 Å². The summed E-state index contributed by atoms with van der Waals surface area (Å²) in [6, 6.07) is -0.773. The van der Waals surface area contributed by atoms with Crippen LogP contribution in [-0.2, 0) is 9.53 Å². The van der Waals surface area contributed by atoms with Gasteiger partial charge < -0.3 is 20.1 Å². The van der Waals surface area contributed by atoms with Crippen molar-refractivity contribution < 1.29 is 19.4 Å². The minimum absolute atomic E-state index is 0.179. The van der Waals surface area contributed by atoms with Crippen LogP contribution in [0.4, 0.5) is 4.79 Å². The number of hydrogen-bond donors (Lipinski definition) is 2. The summed E-state index contributed by atoms with van der Waals surface area (Å²) in [5.74, 6) is 0.395. The lowest BCUT2D eigenvalue weighted by Crippen LogP contribution is -2.50. The molecule has 3 fully saturated rings. The van der Waals surface area contributed by atoms with E-state index in [0.717, 1.165) is 12.3 Å². The van der Waals surface area contributed by atoms with E-state index >= 15 is 0 Å². The third-order valence-corrected chi connectivity index (χ3v) is 5.19. The summed E-state index contributed by atoms with van der Waals surface area (Å²) >= 11 is 0. The first-order valence-electron chi connectivity index (χ1n) is 7.41. The number of rotatable bonds is 3. The fourth-order valence-electron chi connectivity index (χ4n) is 4.09. The Labute approximate surface area is 118 Å². The van der Waals surface area contributed by atoms with Crippen molar-refractivity contribution in [2.75, 3.05) is 13.7 Å². The lowest BCUT2D eigenvalue weighted by Gasteiger charge is -2.28. The molecule has 2 amide bonds. The summed E-state index contributed by atoms with van der Waals surface area (Å²) in [4.78, 5) is 25.0. The molecule has 0 aromatic rings. The number of methoxy groups -OCH3 is 1. The number of aliphatic carboxylic acids is 1. The second-order valence-electron chi connectivity index (χ2n) is 6.33. The van der Waals surface area contributed by atoms with Gasteiger partial charge in [0.25, 0.3) is 0 Å². The van der Waals surface area contributed by atoms with Gasteiger partial charge in [0, 0.05) is 26.1 Å². The lowest BCUT2D eigenvalue weighted by atomic mass is 9.95. The van der Waals surface area contributed by atoms with Gasteiger partial charge in [-0.2, -0.15) is 0 Å². The van der Waals surface area contributed by atoms with Crippen LogP contribution in [0.15, 0.2) is 0 Å². The van der Waals surface area contributed by atoms with Crippen LogP contribution >= 0.6 is 0 Å². The van der Waals surface area contributed by atoms with Gasteiger partial charge in [0.1, 0.15) is 6.04 Å². The van der Waals surface area contributed by atoms with Gasteiger partial charge in [-0.1, -0.05) is 6.42 Å². The van der Waals surface area contributed by atoms with Gasteiger partial charge in [0.05, 0.1) is 6.10 Å². The number of carbonyl (C=O) groups excluding carboxylic acids is 1. The molecule has 0 spiro atoms. The minimum Gasteiger partial charge on any atom is -0.480 e. The zero-order valence-corrected chi connectivity index (χ0v) is 11.7. The molecule has 6 heteroatoms. The maximum absolute atomic E-state index is 12.3. The predicted octanol–water partition coefficient (Wildman–Crippen LogP) is 1.06. The molecule has 20 heavy (non-hydrogen) atoms. The topological polar surface area (TPSA) is 78.9 Å². The highest BCUT2D eigenvalue weighted by Gasteiger charge is 2.44. The van der Waals surface area contributed by atoms with Crippen molar-refractivity contribution in [3.05, 3.63) is 0 Å². The maximum Gasteiger partial charge on any atom is 0.326 e. The Kier molecular flexibility index (Phi) is 3.58. The van der Waals surface area contributed by atoms with Crippen molar-refractivity contribution in [2.24, 2.45) is 11.8 Å². The number of carboxylic acids is 1. The minimum atomic E-state index is -0.951. The van der Waals surface area contributed by atoms with Crippen LogP contribution < -0.4 is 5.32 Å². The van der Waals surface area contributed by atoms with E-state index in [9.17, 15) is 14.7 Å². The molecule has 1 saturated heterocycles. The summed E-state index contributed by atoms with van der Waals surface area (Å²) in [5, 5.41) is 12.3. The number of carbonyl (C=O) groups is 2. The quantitative estimate of drug-likeness (QED) is 0.811. The Morgan fingerprint density at radius 3 is 2.60 bits per heavy atom. The van der Waals surface area contributed by atoms with Gasteiger partial charge in [-0.15, -0.1) is 0 Å². The normalized spacial score (nSPS) is 39.2. The van der Waals surface area contributed by atoms with Crippen LogP contribution in [0.2, 0.25) is 0 Å². The van der Waals surface area contributed by atoms with Gasteiger partial charge in [0.2, 0.25) is 0 Å². The number of fused-ring (bicyclic) bond motifs is 2. The monoisotopic (exact) mass is 282 g/mol. The Morgan fingerprint density at radius 1 is 1.25 bits per heavy atom. The molecule has 6 nitrogen and oxygen atoms in total. The van der Waals surface area contributed by atoms with E-state index < -0.39 is 12.0 Å². The molecule has 2 saturated carbocycles. The zero-order valence-electron chi connectivity index (χ0n) is 11.7. The van der Waals surface area contributed by atoms with E-state index in [4.69, 9.17) is 4.74 Å². The molecule has 2 bridgehead atoms. The van der Waals surface area contributed by atoms with Crippen LogP contribution in [0.25, 0.3) is 0 Å². The van der Waals surface area contributed by atoms with Crippen molar-refractivity contribution >= 4 is 12.0 Å². The smallest absolute Gasteiger partial charge is 0.326 e. The second kappa shape index (κ2) is 5.24. The second-order valence-corrected chi connectivity index (χ2v) is 6.33. The Morgan fingerprint density at radius 2 is 2.05 bits per heavy atom. The van der Waals surface area contributed by atoms with E-state index in [0.29, 0.717) is 18.9 Å². The van der Waals surface area contributed by atoms with Crippen molar-refractivity contribution in [1.82, 2.24) is 10.2 Å². The highest BCUT2D eigenvalue weighted by molar-refractivity contribution is 5.83. The lowest BCUT2D eigenvalue weighted by molar-refractivity contribution is -0.141. The highest BCUT2D eigenvalue weighted by atomic mass is 16.5. The molecule has 5 atom stereocenters. The molecule has 0 aromatic heterocycles. The number of ether oxygens (including phenoxy) is 1. The molecule has 5 unspecified atom stereocenters. The first-order valence-corrected chi connectivity index (χ1v) is 7.41. The van der Waals surface area contributed by atoms with Crippen molar-refractivity contribution in [3.63, 3.8) is 0 Å². The number of likely N-dealkylation sites (tertiary alicyclic amines) is 1. The largest absolute Gasteiger partial charge is 0.480 e. The Bertz CT molecular complexity index is 414. The third kappa shape index (κ3) is 2.37. The van der Waals surface area contributed by atoms with Gasteiger partial charge in [-0.05, 0) is 31.1 Å². The van der Waals surface area contributed by atoms with Gasteiger partial charge in [-0.25, -0.2) is 9.59 Å². The molecule has 2 N–H and O–H groups in total. The maximum atomic E-state index is 12.3. The Balaban J connectivity index is 1.62. The van der Waals surface area contributed by atoms with Gasteiger partial charge >= 0.3 is 12.0 Å². The number of carboxylic acid groups (broad SMARTS) is 1. The van der Waals surface area contributed by atoms with Gasteiger partial charge in [-0.3, -0.25) is 0 Å². The first-order chi connectivity index (χ1) is 9.58. The average Bonchev–Trinajstić information content (AvgIpc) is 3.12. The Hall–Kier alpha value is -1.30. The summed E-state index contributed by atoms with van der Waals surface area (Å²) in [5.41, 5.74) is 0. The van der Waals surface area contributed by atoms with E-state index in [-0.39, 0.29) is 18.2 Å². The molecule has 1 heterocycles. The van der Waals surface area contributed by atoms with Crippen molar-refractivity contribution in [1.29, 1.82) is 0 Å². The van der Waals surface area contributed by atoms with Crippen molar-refractivity contribution in [3.8, 4) is 0 Å². The van der Waals surface area contributed by atoms with E-state index in [2.05, 4.69) is 5.32 Å². The first kappa shape index (κ1) is 13.7. The van der Waals surface area contributed by atoms with Crippen molar-refractivity contribution in [2.45, 2.75) is 50.3 Å². The summed E-state index contributed by atoms with van der Waals surface area (Å²) < 4.78 is 5.21. The molecular formula is C14H22N2O4. The van der Waals surface area contributed by atoms with Crippen LogP contribution in [0, 0.1) is 11.8 Å². The molecule has 1 aliphatic heterocycles. The number of nitrogens with zero attached hydrogens (tertiary/aromatic N) is 1.